The minimum absolute atomic E-state index is 0.0739. The number of aromatic nitrogens is 3. The molecule has 0 aromatic carbocycles. The summed E-state index contributed by atoms with van der Waals surface area (Å²) in [4.78, 5) is 25.8. The van der Waals surface area contributed by atoms with E-state index in [9.17, 15) is 9.59 Å². The van der Waals surface area contributed by atoms with E-state index in [4.69, 9.17) is 5.11 Å². The number of nitrogens with zero attached hydrogens (tertiary/aromatic N) is 3. The van der Waals surface area contributed by atoms with Crippen LogP contribution in [-0.4, -0.2) is 38.4 Å². The summed E-state index contributed by atoms with van der Waals surface area (Å²) in [6.45, 7) is 0.0739. The summed E-state index contributed by atoms with van der Waals surface area (Å²) < 4.78 is 1.80. The fourth-order valence-corrected chi connectivity index (χ4v) is 2.28. The highest BCUT2D eigenvalue weighted by Crippen LogP contribution is 2.27. The van der Waals surface area contributed by atoms with Gasteiger partial charge in [0.1, 0.15) is 6.33 Å². The molecule has 1 aromatic heterocycles. The smallest absolute Gasteiger partial charge is 0.321 e. The molecular weight excluding hydrogens is 262 g/mol. The van der Waals surface area contributed by atoms with Crippen LogP contribution in [0.5, 0.6) is 0 Å². The van der Waals surface area contributed by atoms with Crippen molar-refractivity contribution in [3.8, 4) is 0 Å². The molecular formula is C12H19N5O3. The van der Waals surface area contributed by atoms with Gasteiger partial charge in [0, 0.05) is 6.54 Å². The highest BCUT2D eigenvalue weighted by Gasteiger charge is 2.17. The molecule has 1 heterocycles. The van der Waals surface area contributed by atoms with Crippen molar-refractivity contribution in [2.45, 2.75) is 44.6 Å². The third kappa shape index (κ3) is 4.22. The van der Waals surface area contributed by atoms with E-state index in [1.54, 1.807) is 11.0 Å². The zero-order valence-electron chi connectivity index (χ0n) is 11.2. The lowest BCUT2D eigenvalue weighted by molar-refractivity contribution is -0.136. The van der Waals surface area contributed by atoms with E-state index in [1.165, 1.54) is 19.3 Å². The van der Waals surface area contributed by atoms with Crippen molar-refractivity contribution in [1.82, 2.24) is 20.1 Å². The third-order valence-corrected chi connectivity index (χ3v) is 3.31. The Kier molecular flexibility index (Phi) is 4.91. The summed E-state index contributed by atoms with van der Waals surface area (Å²) in [5.41, 5.74) is 0. The standard InChI is InChI=1S/C12H19N5O3/c18-10(19)6-7-13-12(20)15-11-14-8-17(16-11)9-4-2-1-3-5-9/h8-9H,1-7H2,(H,18,19)(H2,13,15,16,20). The predicted molar refractivity (Wildman–Crippen MR) is 71.4 cm³/mol. The van der Waals surface area contributed by atoms with Crippen LogP contribution in [0.2, 0.25) is 0 Å². The molecule has 8 heteroatoms. The van der Waals surface area contributed by atoms with E-state index in [1.807, 2.05) is 0 Å². The molecule has 8 nitrogen and oxygen atoms in total. The lowest BCUT2D eigenvalue weighted by Gasteiger charge is -2.21. The van der Waals surface area contributed by atoms with Gasteiger partial charge in [-0.25, -0.2) is 14.5 Å². The molecule has 0 bridgehead atoms. The van der Waals surface area contributed by atoms with E-state index < -0.39 is 12.0 Å². The Bertz CT molecular complexity index is 467. The molecule has 1 saturated carbocycles. The quantitative estimate of drug-likeness (QED) is 0.755. The van der Waals surface area contributed by atoms with Gasteiger partial charge >= 0.3 is 12.0 Å². The number of hydrogen-bond donors (Lipinski definition) is 3. The number of aliphatic carboxylic acids is 1. The molecule has 1 fully saturated rings. The summed E-state index contributed by atoms with van der Waals surface area (Å²) >= 11 is 0. The maximum absolute atomic E-state index is 11.5. The Morgan fingerprint density at radius 3 is 2.80 bits per heavy atom. The summed E-state index contributed by atoms with van der Waals surface area (Å²) in [6.07, 6.45) is 7.36. The second-order valence-electron chi connectivity index (χ2n) is 4.86. The third-order valence-electron chi connectivity index (χ3n) is 3.31. The molecule has 110 valence electrons. The number of carbonyl (C=O) groups excluding carboxylic acids is 1. The van der Waals surface area contributed by atoms with E-state index in [0.717, 1.165) is 12.8 Å². The van der Waals surface area contributed by atoms with Crippen molar-refractivity contribution in [3.63, 3.8) is 0 Å². The summed E-state index contributed by atoms with van der Waals surface area (Å²) in [7, 11) is 0. The first-order valence-electron chi connectivity index (χ1n) is 6.83. The van der Waals surface area contributed by atoms with E-state index >= 15 is 0 Å². The summed E-state index contributed by atoms with van der Waals surface area (Å²) in [5.74, 6) is -0.714. The molecule has 0 unspecified atom stereocenters. The molecule has 1 aliphatic carbocycles. The van der Waals surface area contributed by atoms with Crippen LogP contribution in [0.15, 0.2) is 6.33 Å². The van der Waals surface area contributed by atoms with Gasteiger partial charge in [-0.2, -0.15) is 0 Å². The van der Waals surface area contributed by atoms with Crippen LogP contribution in [0.1, 0.15) is 44.6 Å². The van der Waals surface area contributed by atoms with Crippen LogP contribution in [-0.2, 0) is 4.79 Å². The van der Waals surface area contributed by atoms with Crippen molar-refractivity contribution in [2.24, 2.45) is 0 Å². The number of hydrogen-bond acceptors (Lipinski definition) is 4. The van der Waals surface area contributed by atoms with Crippen LogP contribution >= 0.6 is 0 Å². The Morgan fingerprint density at radius 2 is 2.10 bits per heavy atom. The molecule has 1 aromatic rings. The summed E-state index contributed by atoms with van der Waals surface area (Å²) in [5, 5.41) is 17.6. The number of amides is 2. The van der Waals surface area contributed by atoms with Crippen LogP contribution < -0.4 is 10.6 Å². The minimum Gasteiger partial charge on any atom is -0.481 e. The zero-order chi connectivity index (χ0) is 14.4. The van der Waals surface area contributed by atoms with E-state index in [2.05, 4.69) is 20.7 Å². The zero-order valence-corrected chi connectivity index (χ0v) is 11.2. The van der Waals surface area contributed by atoms with Gasteiger partial charge in [-0.1, -0.05) is 19.3 Å². The number of carboxylic acids is 1. The molecule has 0 saturated heterocycles. The predicted octanol–water partition coefficient (Wildman–Crippen LogP) is 1.38. The van der Waals surface area contributed by atoms with Crippen molar-refractivity contribution in [1.29, 1.82) is 0 Å². The lowest BCUT2D eigenvalue weighted by Crippen LogP contribution is -2.31. The van der Waals surface area contributed by atoms with Gasteiger partial charge in [-0.15, -0.1) is 5.10 Å². The Hall–Kier alpha value is -2.12. The molecule has 20 heavy (non-hydrogen) atoms. The topological polar surface area (TPSA) is 109 Å². The molecule has 3 N–H and O–H groups in total. The highest BCUT2D eigenvalue weighted by atomic mass is 16.4. The van der Waals surface area contributed by atoms with Gasteiger partial charge in [0.2, 0.25) is 5.95 Å². The van der Waals surface area contributed by atoms with Gasteiger partial charge in [0.05, 0.1) is 12.5 Å². The molecule has 0 spiro atoms. The minimum atomic E-state index is -0.954. The Balaban J connectivity index is 1.79. The lowest BCUT2D eigenvalue weighted by atomic mass is 9.96. The molecule has 0 aliphatic heterocycles. The SMILES string of the molecule is O=C(O)CCNC(=O)Nc1ncn(C2CCCCC2)n1. The Labute approximate surface area is 116 Å². The van der Waals surface area contributed by atoms with Gasteiger partial charge in [0.25, 0.3) is 0 Å². The van der Waals surface area contributed by atoms with Gasteiger partial charge in [-0.05, 0) is 12.8 Å². The van der Waals surface area contributed by atoms with Gasteiger partial charge < -0.3 is 10.4 Å². The van der Waals surface area contributed by atoms with Crippen LogP contribution in [0.4, 0.5) is 10.7 Å². The highest BCUT2D eigenvalue weighted by molar-refractivity contribution is 5.87. The van der Waals surface area contributed by atoms with E-state index in [-0.39, 0.29) is 18.9 Å². The number of carboxylic acid groups (broad SMARTS) is 1. The van der Waals surface area contributed by atoms with Crippen LogP contribution in [0.25, 0.3) is 0 Å². The molecule has 2 rings (SSSR count). The average molecular weight is 281 g/mol. The van der Waals surface area contributed by atoms with Gasteiger partial charge in [0.15, 0.2) is 0 Å². The number of nitrogens with one attached hydrogen (secondary N) is 2. The summed E-state index contributed by atoms with van der Waals surface area (Å²) in [6, 6.07) is -0.130. The second-order valence-corrected chi connectivity index (χ2v) is 4.86. The maximum Gasteiger partial charge on any atom is 0.321 e. The normalized spacial score (nSPS) is 15.8. The first-order valence-corrected chi connectivity index (χ1v) is 6.83. The molecule has 0 atom stereocenters. The van der Waals surface area contributed by atoms with E-state index in [0.29, 0.717) is 6.04 Å². The maximum atomic E-state index is 11.5. The number of anilines is 1. The van der Waals surface area contributed by atoms with Crippen molar-refractivity contribution >= 4 is 17.9 Å². The first-order chi connectivity index (χ1) is 9.65. The van der Waals surface area contributed by atoms with Crippen molar-refractivity contribution < 1.29 is 14.7 Å². The number of carbonyl (C=O) groups is 2. The largest absolute Gasteiger partial charge is 0.481 e. The van der Waals surface area contributed by atoms with Crippen molar-refractivity contribution in [3.05, 3.63) is 6.33 Å². The van der Waals surface area contributed by atoms with Crippen LogP contribution in [0.3, 0.4) is 0 Å². The molecule has 0 radical (unpaired) electrons. The molecule has 2 amide bonds. The Morgan fingerprint density at radius 1 is 1.35 bits per heavy atom. The van der Waals surface area contributed by atoms with Crippen LogP contribution in [0, 0.1) is 0 Å². The second kappa shape index (κ2) is 6.88. The molecule has 1 aliphatic rings. The van der Waals surface area contributed by atoms with Crippen molar-refractivity contribution in [2.75, 3.05) is 11.9 Å². The number of urea groups is 1. The fraction of sp³-hybridized carbons (Fsp3) is 0.667. The fourth-order valence-electron chi connectivity index (χ4n) is 2.28. The average Bonchev–Trinajstić information content (AvgIpc) is 2.88. The monoisotopic (exact) mass is 281 g/mol. The number of rotatable bonds is 5. The first kappa shape index (κ1) is 14.3. The van der Waals surface area contributed by atoms with Gasteiger partial charge in [-0.3, -0.25) is 10.1 Å².